The van der Waals surface area contributed by atoms with Gasteiger partial charge in [-0.2, -0.15) is 0 Å². The number of aryl methyl sites for hydroxylation is 1. The molecule has 0 amide bonds. The Labute approximate surface area is 140 Å². The molecule has 2 aromatic rings. The van der Waals surface area contributed by atoms with Crippen LogP contribution in [0.3, 0.4) is 0 Å². The van der Waals surface area contributed by atoms with Crippen LogP contribution >= 0.6 is 0 Å². The first-order valence-electron chi connectivity index (χ1n) is 8.03. The van der Waals surface area contributed by atoms with E-state index in [1.54, 1.807) is 18.2 Å². The summed E-state index contributed by atoms with van der Waals surface area (Å²) in [5.74, 6) is -0.515. The number of hydrogen-bond donors (Lipinski definition) is 0. The molecule has 0 radical (unpaired) electrons. The van der Waals surface area contributed by atoms with Gasteiger partial charge in [-0.1, -0.05) is 37.6 Å². The molecule has 4 heteroatoms. The molecule has 2 aromatic carbocycles. The summed E-state index contributed by atoms with van der Waals surface area (Å²) in [6.45, 7) is 2.16. The number of esters is 1. The van der Waals surface area contributed by atoms with Crippen molar-refractivity contribution in [3.8, 4) is 0 Å². The maximum absolute atomic E-state index is 12.9. The average Bonchev–Trinajstić information content (AvgIpc) is 2.96. The number of carbonyl (C=O) groups excluding carboxylic acids is 1. The van der Waals surface area contributed by atoms with Gasteiger partial charge in [0.05, 0.1) is 0 Å². The van der Waals surface area contributed by atoms with Gasteiger partial charge < -0.3 is 4.74 Å². The molecule has 0 fully saturated rings. The van der Waals surface area contributed by atoms with Gasteiger partial charge in [-0.05, 0) is 54.3 Å². The first-order chi connectivity index (χ1) is 11.7. The third kappa shape index (κ3) is 3.77. The molecular formula is C20H18FNO2. The van der Waals surface area contributed by atoms with Crippen LogP contribution < -0.4 is 0 Å². The molecular weight excluding hydrogens is 305 g/mol. The number of hydrogen-bond acceptors (Lipinski definition) is 3. The second-order valence-electron chi connectivity index (χ2n) is 5.69. The fourth-order valence-corrected chi connectivity index (χ4v) is 2.44. The minimum Gasteiger partial charge on any atom is -0.402 e. The van der Waals surface area contributed by atoms with Crippen LogP contribution in [0.1, 0.15) is 36.5 Å². The van der Waals surface area contributed by atoms with E-state index in [0.717, 1.165) is 24.8 Å². The number of nitrogens with zero attached hydrogens (tertiary/aromatic N) is 1. The molecule has 0 saturated heterocycles. The van der Waals surface area contributed by atoms with Gasteiger partial charge in [0.25, 0.3) is 0 Å². The number of aliphatic imine (C=N–C) groups is 1. The first kappa shape index (κ1) is 16.1. The van der Waals surface area contributed by atoms with E-state index < -0.39 is 5.97 Å². The second-order valence-corrected chi connectivity index (χ2v) is 5.69. The maximum atomic E-state index is 12.9. The normalized spacial score (nSPS) is 15.5. The number of unbranched alkanes of at least 4 members (excludes halogenated alkanes) is 1. The summed E-state index contributed by atoms with van der Waals surface area (Å²) in [5.41, 5.74) is 2.94. The van der Waals surface area contributed by atoms with Crippen molar-refractivity contribution in [1.82, 2.24) is 0 Å². The monoisotopic (exact) mass is 323 g/mol. The van der Waals surface area contributed by atoms with Crippen molar-refractivity contribution in [1.29, 1.82) is 0 Å². The SMILES string of the molecule is CCCCc1ccc(C2=N/C(=C\c3ccc(F)cc3)C(=O)O2)cc1. The zero-order valence-corrected chi connectivity index (χ0v) is 13.5. The number of ether oxygens (including phenoxy) is 1. The van der Waals surface area contributed by atoms with E-state index in [9.17, 15) is 9.18 Å². The molecule has 1 aliphatic heterocycles. The second kappa shape index (κ2) is 7.21. The Morgan fingerprint density at radius 1 is 1.08 bits per heavy atom. The van der Waals surface area contributed by atoms with E-state index >= 15 is 0 Å². The highest BCUT2D eigenvalue weighted by molar-refractivity contribution is 6.12. The highest BCUT2D eigenvalue weighted by atomic mass is 19.1. The van der Waals surface area contributed by atoms with E-state index in [4.69, 9.17) is 4.74 Å². The molecule has 3 rings (SSSR count). The number of rotatable bonds is 5. The van der Waals surface area contributed by atoms with Crippen molar-refractivity contribution >= 4 is 17.9 Å². The highest BCUT2D eigenvalue weighted by Gasteiger charge is 2.24. The summed E-state index contributed by atoms with van der Waals surface area (Å²) >= 11 is 0. The van der Waals surface area contributed by atoms with E-state index in [2.05, 4.69) is 11.9 Å². The Morgan fingerprint density at radius 2 is 1.79 bits per heavy atom. The van der Waals surface area contributed by atoms with Gasteiger partial charge in [0.1, 0.15) is 5.82 Å². The smallest absolute Gasteiger partial charge is 0.363 e. The third-order valence-electron chi connectivity index (χ3n) is 3.81. The molecule has 0 atom stereocenters. The lowest BCUT2D eigenvalue weighted by atomic mass is 10.1. The van der Waals surface area contributed by atoms with Crippen molar-refractivity contribution < 1.29 is 13.9 Å². The van der Waals surface area contributed by atoms with Crippen molar-refractivity contribution in [2.45, 2.75) is 26.2 Å². The predicted octanol–water partition coefficient (Wildman–Crippen LogP) is 4.51. The van der Waals surface area contributed by atoms with Crippen LogP contribution in [0.25, 0.3) is 6.08 Å². The van der Waals surface area contributed by atoms with E-state index in [-0.39, 0.29) is 11.5 Å². The molecule has 3 nitrogen and oxygen atoms in total. The van der Waals surface area contributed by atoms with Crippen LogP contribution in [-0.2, 0) is 16.0 Å². The molecule has 0 spiro atoms. The molecule has 0 saturated carbocycles. The van der Waals surface area contributed by atoms with Gasteiger partial charge in [-0.25, -0.2) is 14.2 Å². The number of benzene rings is 2. The standard InChI is InChI=1S/C20H18FNO2/c1-2-3-4-14-5-9-16(10-6-14)19-22-18(20(23)24-19)13-15-7-11-17(21)12-8-15/h5-13H,2-4H2,1H3/b18-13-. The third-order valence-corrected chi connectivity index (χ3v) is 3.81. The average molecular weight is 323 g/mol. The zero-order valence-electron chi connectivity index (χ0n) is 13.5. The van der Waals surface area contributed by atoms with Crippen LogP contribution in [0.2, 0.25) is 0 Å². The van der Waals surface area contributed by atoms with Gasteiger partial charge in [-0.3, -0.25) is 0 Å². The Kier molecular flexibility index (Phi) is 4.85. The minimum absolute atomic E-state index is 0.215. The topological polar surface area (TPSA) is 38.7 Å². The Hall–Kier alpha value is -2.75. The Morgan fingerprint density at radius 3 is 2.46 bits per heavy atom. The van der Waals surface area contributed by atoms with Crippen LogP contribution in [0.5, 0.6) is 0 Å². The first-order valence-corrected chi connectivity index (χ1v) is 8.03. The van der Waals surface area contributed by atoms with Crippen molar-refractivity contribution in [2.75, 3.05) is 0 Å². The Bertz CT molecular complexity index is 789. The predicted molar refractivity (Wildman–Crippen MR) is 92.1 cm³/mol. The van der Waals surface area contributed by atoms with Crippen LogP contribution in [0.15, 0.2) is 59.2 Å². The van der Waals surface area contributed by atoms with Gasteiger partial charge >= 0.3 is 5.97 Å². The van der Waals surface area contributed by atoms with Crippen molar-refractivity contribution in [2.24, 2.45) is 4.99 Å². The summed E-state index contributed by atoms with van der Waals surface area (Å²) in [7, 11) is 0. The molecule has 122 valence electrons. The largest absolute Gasteiger partial charge is 0.402 e. The van der Waals surface area contributed by atoms with Crippen LogP contribution in [-0.4, -0.2) is 11.9 Å². The van der Waals surface area contributed by atoms with Crippen LogP contribution in [0, 0.1) is 5.82 Å². The van der Waals surface area contributed by atoms with E-state index in [1.807, 2.05) is 24.3 Å². The minimum atomic E-state index is -0.496. The quantitative estimate of drug-likeness (QED) is 0.600. The van der Waals surface area contributed by atoms with Crippen molar-refractivity contribution in [3.63, 3.8) is 0 Å². The van der Waals surface area contributed by atoms with Gasteiger partial charge in [0, 0.05) is 5.56 Å². The number of halogens is 1. The van der Waals surface area contributed by atoms with Gasteiger partial charge in [0.2, 0.25) is 5.90 Å². The molecule has 24 heavy (non-hydrogen) atoms. The lowest BCUT2D eigenvalue weighted by molar-refractivity contribution is -0.129. The summed E-state index contributed by atoms with van der Waals surface area (Å²) in [6, 6.07) is 13.7. The number of cyclic esters (lactones) is 1. The summed E-state index contributed by atoms with van der Waals surface area (Å²) < 4.78 is 18.2. The molecule has 1 heterocycles. The molecule has 0 unspecified atom stereocenters. The molecule has 1 aliphatic rings. The molecule has 0 aliphatic carbocycles. The summed E-state index contributed by atoms with van der Waals surface area (Å²) in [4.78, 5) is 16.2. The summed E-state index contributed by atoms with van der Waals surface area (Å²) in [5, 5.41) is 0. The van der Waals surface area contributed by atoms with E-state index in [0.29, 0.717) is 11.5 Å². The lowest BCUT2D eigenvalue weighted by Crippen LogP contribution is -2.05. The molecule has 0 aromatic heterocycles. The zero-order chi connectivity index (χ0) is 16.9. The van der Waals surface area contributed by atoms with Gasteiger partial charge in [-0.15, -0.1) is 0 Å². The summed E-state index contributed by atoms with van der Waals surface area (Å²) in [6.07, 6.45) is 4.94. The highest BCUT2D eigenvalue weighted by Crippen LogP contribution is 2.20. The lowest BCUT2D eigenvalue weighted by Gasteiger charge is -2.02. The fourth-order valence-electron chi connectivity index (χ4n) is 2.44. The van der Waals surface area contributed by atoms with Gasteiger partial charge in [0.15, 0.2) is 5.70 Å². The van der Waals surface area contributed by atoms with E-state index in [1.165, 1.54) is 17.7 Å². The fraction of sp³-hybridized carbons (Fsp3) is 0.200. The Balaban J connectivity index is 1.79. The molecule has 0 bridgehead atoms. The van der Waals surface area contributed by atoms with Crippen molar-refractivity contribution in [3.05, 3.63) is 76.7 Å². The maximum Gasteiger partial charge on any atom is 0.363 e. The molecule has 0 N–H and O–H groups in total. The number of carbonyl (C=O) groups is 1. The van der Waals surface area contributed by atoms with Crippen LogP contribution in [0.4, 0.5) is 4.39 Å².